The van der Waals surface area contributed by atoms with Gasteiger partial charge in [0.1, 0.15) is 0 Å². The van der Waals surface area contributed by atoms with Gasteiger partial charge in [0.15, 0.2) is 0 Å². The zero-order valence-corrected chi connectivity index (χ0v) is 15.0. The SMILES string of the molecule is Cc1ccccc1NC(=O)c1cccc(NS(=O)(=O)c2ccccc2)c1. The van der Waals surface area contributed by atoms with E-state index < -0.39 is 10.0 Å². The molecule has 6 heteroatoms. The van der Waals surface area contributed by atoms with Crippen molar-refractivity contribution >= 4 is 27.3 Å². The molecule has 0 saturated carbocycles. The van der Waals surface area contributed by atoms with Crippen LogP contribution in [0.3, 0.4) is 0 Å². The summed E-state index contributed by atoms with van der Waals surface area (Å²) in [5.74, 6) is -0.306. The summed E-state index contributed by atoms with van der Waals surface area (Å²) in [6.45, 7) is 1.90. The lowest BCUT2D eigenvalue weighted by Crippen LogP contribution is -2.15. The Hall–Kier alpha value is -3.12. The molecule has 0 aliphatic heterocycles. The first kappa shape index (κ1) is 17.7. The van der Waals surface area contributed by atoms with Crippen LogP contribution in [0.4, 0.5) is 11.4 Å². The number of carbonyl (C=O) groups excluding carboxylic acids is 1. The molecule has 3 aromatic rings. The number of anilines is 2. The van der Waals surface area contributed by atoms with Crippen LogP contribution in [-0.2, 0) is 10.0 Å². The molecule has 5 nitrogen and oxygen atoms in total. The van der Waals surface area contributed by atoms with Crippen molar-refractivity contribution in [1.82, 2.24) is 0 Å². The van der Waals surface area contributed by atoms with Crippen molar-refractivity contribution in [1.29, 1.82) is 0 Å². The van der Waals surface area contributed by atoms with Gasteiger partial charge in [0.2, 0.25) is 0 Å². The van der Waals surface area contributed by atoms with Crippen LogP contribution in [0.1, 0.15) is 15.9 Å². The molecule has 0 atom stereocenters. The Morgan fingerprint density at radius 1 is 0.846 bits per heavy atom. The normalized spacial score (nSPS) is 11.0. The molecular weight excluding hydrogens is 348 g/mol. The Morgan fingerprint density at radius 3 is 2.27 bits per heavy atom. The van der Waals surface area contributed by atoms with Crippen LogP contribution < -0.4 is 10.0 Å². The van der Waals surface area contributed by atoms with Gasteiger partial charge in [-0.3, -0.25) is 9.52 Å². The van der Waals surface area contributed by atoms with E-state index >= 15 is 0 Å². The second-order valence-corrected chi connectivity index (χ2v) is 7.45. The maximum atomic E-state index is 12.5. The molecule has 26 heavy (non-hydrogen) atoms. The topological polar surface area (TPSA) is 75.3 Å². The summed E-state index contributed by atoms with van der Waals surface area (Å²) in [7, 11) is -3.70. The second kappa shape index (κ2) is 7.41. The van der Waals surface area contributed by atoms with Gasteiger partial charge in [-0.15, -0.1) is 0 Å². The third-order valence-corrected chi connectivity index (χ3v) is 5.22. The highest BCUT2D eigenvalue weighted by Crippen LogP contribution is 2.19. The summed E-state index contributed by atoms with van der Waals surface area (Å²) in [6.07, 6.45) is 0. The van der Waals surface area contributed by atoms with Crippen molar-refractivity contribution in [2.45, 2.75) is 11.8 Å². The first-order valence-electron chi connectivity index (χ1n) is 8.01. The molecule has 0 bridgehead atoms. The number of aryl methyl sites for hydroxylation is 1. The standard InChI is InChI=1S/C20H18N2O3S/c1-15-8-5-6-13-19(15)21-20(23)16-9-7-10-17(14-16)22-26(24,25)18-11-3-2-4-12-18/h2-14,22H,1H3,(H,21,23). The summed E-state index contributed by atoms with van der Waals surface area (Å²) in [5, 5.41) is 2.83. The lowest BCUT2D eigenvalue weighted by Gasteiger charge is -2.11. The summed E-state index contributed by atoms with van der Waals surface area (Å²) in [6, 6.07) is 21.9. The molecule has 2 N–H and O–H groups in total. The summed E-state index contributed by atoms with van der Waals surface area (Å²) >= 11 is 0. The first-order valence-corrected chi connectivity index (χ1v) is 9.49. The second-order valence-electron chi connectivity index (χ2n) is 5.77. The molecule has 0 aliphatic carbocycles. The van der Waals surface area contributed by atoms with Crippen molar-refractivity contribution in [3.05, 3.63) is 90.0 Å². The Labute approximate surface area is 152 Å². The van der Waals surface area contributed by atoms with E-state index in [-0.39, 0.29) is 10.8 Å². The lowest BCUT2D eigenvalue weighted by atomic mass is 10.1. The molecule has 0 heterocycles. The fourth-order valence-electron chi connectivity index (χ4n) is 2.45. The minimum absolute atomic E-state index is 0.162. The number of benzene rings is 3. The summed E-state index contributed by atoms with van der Waals surface area (Å²) in [5.41, 5.74) is 2.35. The number of carbonyl (C=O) groups is 1. The van der Waals surface area contributed by atoms with Gasteiger partial charge in [0.25, 0.3) is 15.9 Å². The molecule has 0 saturated heterocycles. The maximum absolute atomic E-state index is 12.5. The van der Waals surface area contributed by atoms with E-state index in [1.165, 1.54) is 18.2 Å². The molecular formula is C20H18N2O3S. The molecule has 132 valence electrons. The molecule has 3 rings (SSSR count). The Kier molecular flexibility index (Phi) is 5.04. The van der Waals surface area contributed by atoms with Gasteiger partial charge >= 0.3 is 0 Å². The zero-order valence-electron chi connectivity index (χ0n) is 14.1. The maximum Gasteiger partial charge on any atom is 0.261 e. The molecule has 3 aromatic carbocycles. The molecule has 1 amide bonds. The fraction of sp³-hybridized carbons (Fsp3) is 0.0500. The Balaban J connectivity index is 1.80. The predicted molar refractivity (Wildman–Crippen MR) is 103 cm³/mol. The van der Waals surface area contributed by atoms with E-state index in [9.17, 15) is 13.2 Å². The van der Waals surface area contributed by atoms with Gasteiger partial charge in [0.05, 0.1) is 4.90 Å². The van der Waals surface area contributed by atoms with E-state index in [0.29, 0.717) is 16.9 Å². The molecule has 0 fully saturated rings. The van der Waals surface area contributed by atoms with Crippen molar-refractivity contribution in [3.63, 3.8) is 0 Å². The summed E-state index contributed by atoms with van der Waals surface area (Å²) in [4.78, 5) is 12.6. The van der Waals surface area contributed by atoms with E-state index in [2.05, 4.69) is 10.0 Å². The molecule has 0 unspecified atom stereocenters. The van der Waals surface area contributed by atoms with Crippen LogP contribution >= 0.6 is 0 Å². The van der Waals surface area contributed by atoms with Crippen LogP contribution in [0, 0.1) is 6.92 Å². The average molecular weight is 366 g/mol. The van der Waals surface area contributed by atoms with E-state index in [1.807, 2.05) is 31.2 Å². The van der Waals surface area contributed by atoms with Gasteiger partial charge in [0, 0.05) is 16.9 Å². The van der Waals surface area contributed by atoms with Crippen LogP contribution in [-0.4, -0.2) is 14.3 Å². The number of rotatable bonds is 5. The van der Waals surface area contributed by atoms with Crippen LogP contribution in [0.2, 0.25) is 0 Å². The minimum atomic E-state index is -3.70. The zero-order chi connectivity index (χ0) is 18.6. The van der Waals surface area contributed by atoms with Crippen molar-refractivity contribution < 1.29 is 13.2 Å². The van der Waals surface area contributed by atoms with Gasteiger partial charge < -0.3 is 5.32 Å². The highest BCUT2D eigenvalue weighted by molar-refractivity contribution is 7.92. The van der Waals surface area contributed by atoms with Crippen molar-refractivity contribution in [3.8, 4) is 0 Å². The number of para-hydroxylation sites is 1. The number of hydrogen-bond acceptors (Lipinski definition) is 3. The highest BCUT2D eigenvalue weighted by atomic mass is 32.2. The third kappa shape index (κ3) is 4.10. The van der Waals surface area contributed by atoms with Gasteiger partial charge in [-0.1, -0.05) is 42.5 Å². The minimum Gasteiger partial charge on any atom is -0.322 e. The Bertz CT molecular complexity index is 1030. The van der Waals surface area contributed by atoms with Crippen LogP contribution in [0.5, 0.6) is 0 Å². The Morgan fingerprint density at radius 2 is 1.54 bits per heavy atom. The molecule has 0 aliphatic rings. The van der Waals surface area contributed by atoms with Crippen molar-refractivity contribution in [2.24, 2.45) is 0 Å². The number of sulfonamides is 1. The smallest absolute Gasteiger partial charge is 0.261 e. The van der Waals surface area contributed by atoms with E-state index in [4.69, 9.17) is 0 Å². The van der Waals surface area contributed by atoms with Gasteiger partial charge in [-0.05, 0) is 48.9 Å². The fourth-order valence-corrected chi connectivity index (χ4v) is 3.52. The molecule has 0 spiro atoms. The number of hydrogen-bond donors (Lipinski definition) is 2. The summed E-state index contributed by atoms with van der Waals surface area (Å²) < 4.78 is 27.3. The van der Waals surface area contributed by atoms with E-state index in [1.54, 1.807) is 36.4 Å². The number of nitrogens with one attached hydrogen (secondary N) is 2. The lowest BCUT2D eigenvalue weighted by molar-refractivity contribution is 0.102. The van der Waals surface area contributed by atoms with E-state index in [0.717, 1.165) is 5.56 Å². The monoisotopic (exact) mass is 366 g/mol. The predicted octanol–water partition coefficient (Wildman–Crippen LogP) is 4.05. The largest absolute Gasteiger partial charge is 0.322 e. The number of amides is 1. The van der Waals surface area contributed by atoms with Crippen LogP contribution in [0.15, 0.2) is 83.8 Å². The quantitative estimate of drug-likeness (QED) is 0.715. The van der Waals surface area contributed by atoms with Gasteiger partial charge in [-0.2, -0.15) is 0 Å². The highest BCUT2D eigenvalue weighted by Gasteiger charge is 2.15. The van der Waals surface area contributed by atoms with Crippen molar-refractivity contribution in [2.75, 3.05) is 10.0 Å². The average Bonchev–Trinajstić information content (AvgIpc) is 2.64. The molecule has 0 radical (unpaired) electrons. The van der Waals surface area contributed by atoms with Crippen LogP contribution in [0.25, 0.3) is 0 Å². The first-order chi connectivity index (χ1) is 12.5. The van der Waals surface area contributed by atoms with Gasteiger partial charge in [-0.25, -0.2) is 8.42 Å². The third-order valence-electron chi connectivity index (χ3n) is 3.82. The molecule has 0 aromatic heterocycles.